The van der Waals surface area contributed by atoms with Gasteiger partial charge in [-0.05, 0) is 94.2 Å². The van der Waals surface area contributed by atoms with Crippen LogP contribution in [0, 0.1) is 11.3 Å². The monoisotopic (exact) mass is 979 g/mol. The average Bonchev–Trinajstić information content (AvgIpc) is 3.92. The molecule has 16 nitrogen and oxygen atoms in total. The van der Waals surface area contributed by atoms with Crippen LogP contribution in [0.25, 0.3) is 33.4 Å². The Morgan fingerprint density at radius 2 is 1.91 bits per heavy atom. The lowest BCUT2D eigenvalue weighted by atomic mass is 9.84. The molecule has 2 N–H and O–H groups in total. The Bertz CT molecular complexity index is 2610. The third-order valence-electron chi connectivity index (χ3n) is 14.5. The average molecular weight is 980 g/mol. The van der Waals surface area contributed by atoms with Crippen LogP contribution in [0.15, 0.2) is 54.6 Å². The summed E-state index contributed by atoms with van der Waals surface area (Å²) >= 11 is 1.49. The van der Waals surface area contributed by atoms with Gasteiger partial charge in [-0.15, -0.1) is 11.3 Å². The molecule has 3 aromatic heterocycles. The van der Waals surface area contributed by atoms with Gasteiger partial charge < -0.3 is 33.7 Å². The number of benzene rings is 1. The van der Waals surface area contributed by atoms with Gasteiger partial charge in [-0.1, -0.05) is 40.3 Å². The Labute approximate surface area is 412 Å². The minimum atomic E-state index is -1.73. The van der Waals surface area contributed by atoms with Gasteiger partial charge in [0.05, 0.1) is 45.9 Å². The first kappa shape index (κ1) is 50.0. The molecule has 4 atom stereocenters. The predicted molar refractivity (Wildman–Crippen MR) is 270 cm³/mol. The van der Waals surface area contributed by atoms with Crippen molar-refractivity contribution in [3.8, 4) is 22.5 Å². The molecule has 3 fully saturated rings. The normalized spacial score (nSPS) is 21.5. The third kappa shape index (κ3) is 10.3. The number of thiazole rings is 1. The van der Waals surface area contributed by atoms with Crippen molar-refractivity contribution in [3.05, 3.63) is 70.8 Å². The van der Waals surface area contributed by atoms with E-state index in [-0.39, 0.29) is 42.4 Å². The van der Waals surface area contributed by atoms with Crippen molar-refractivity contribution in [2.24, 2.45) is 11.3 Å². The Hall–Kier alpha value is -5.43. The summed E-state index contributed by atoms with van der Waals surface area (Å²) in [5, 5.41) is 5.40. The zero-order valence-electron chi connectivity index (χ0n) is 41.5. The molecule has 1 saturated carbocycles. The first-order chi connectivity index (χ1) is 33.0. The predicted octanol–water partition coefficient (Wildman–Crippen LogP) is 6.04. The summed E-state index contributed by atoms with van der Waals surface area (Å²) in [4.78, 5) is 88.3. The molecule has 1 spiro atoms. The van der Waals surface area contributed by atoms with Crippen LogP contribution >= 0.6 is 11.3 Å². The molecule has 6 bridgehead atoms. The van der Waals surface area contributed by atoms with Crippen molar-refractivity contribution in [1.82, 2.24) is 44.7 Å². The zero-order chi connectivity index (χ0) is 49.4. The molecule has 2 saturated heterocycles. The first-order valence-corrected chi connectivity index (χ1v) is 27.0. The number of methoxy groups -OCH3 is 1. The third-order valence-corrected chi connectivity index (χ3v) is 17.0. The fourth-order valence-electron chi connectivity index (χ4n) is 10.6. The van der Waals surface area contributed by atoms with Gasteiger partial charge in [-0.25, -0.2) is 15.2 Å². The molecule has 1 aromatic carbocycles. The van der Waals surface area contributed by atoms with Crippen LogP contribution in [0.2, 0.25) is 5.54 Å². The molecule has 8 rings (SSSR count). The van der Waals surface area contributed by atoms with Crippen molar-refractivity contribution in [2.45, 2.75) is 122 Å². The molecule has 18 heteroatoms. The number of esters is 1. The van der Waals surface area contributed by atoms with Crippen LogP contribution in [-0.4, -0.2) is 138 Å². The van der Waals surface area contributed by atoms with Gasteiger partial charge in [0, 0.05) is 92.3 Å². The number of likely N-dealkylation sites (N-methyl/N-ethyl adjacent to an activating group) is 1. The van der Waals surface area contributed by atoms with Crippen molar-refractivity contribution in [3.63, 3.8) is 0 Å². The summed E-state index contributed by atoms with van der Waals surface area (Å²) in [6.45, 7) is 18.6. The van der Waals surface area contributed by atoms with Gasteiger partial charge in [0.1, 0.15) is 21.8 Å². The number of hydrazine groups is 1. The van der Waals surface area contributed by atoms with E-state index in [1.165, 1.54) is 27.3 Å². The van der Waals surface area contributed by atoms with Crippen LogP contribution in [0.5, 0.6) is 0 Å². The number of fused-ring (bicyclic) bond motifs is 6. The lowest BCUT2D eigenvalue weighted by Gasteiger charge is -2.37. The molecule has 0 unspecified atom stereocenters. The summed E-state index contributed by atoms with van der Waals surface area (Å²) < 4.78 is 14.3. The first-order valence-electron chi connectivity index (χ1n) is 24.5. The molecule has 4 aliphatic rings. The number of hydrogen-bond donors (Lipinski definition) is 2. The van der Waals surface area contributed by atoms with E-state index in [4.69, 9.17) is 19.4 Å². The number of carbonyl (C=O) groups is 5. The number of hydrogen-bond acceptors (Lipinski definition) is 11. The summed E-state index contributed by atoms with van der Waals surface area (Å²) in [6.07, 6.45) is 7.13. The number of cyclic esters (lactones) is 1. The van der Waals surface area contributed by atoms with E-state index in [2.05, 4.69) is 66.6 Å². The lowest BCUT2D eigenvalue weighted by molar-refractivity contribution is -0.154. The summed E-state index contributed by atoms with van der Waals surface area (Å²) in [5.74, 6) is -1.30. The smallest absolute Gasteiger partial charge is 0.324 e. The van der Waals surface area contributed by atoms with E-state index in [0.29, 0.717) is 64.8 Å². The number of ether oxygens (including phenoxy) is 2. The minimum absolute atomic E-state index is 0.123. The number of urea groups is 1. The van der Waals surface area contributed by atoms with Gasteiger partial charge in [-0.2, -0.15) is 0 Å². The summed E-state index contributed by atoms with van der Waals surface area (Å²) in [6, 6.07) is 8.72. The highest BCUT2D eigenvalue weighted by molar-refractivity contribution is 7.10. The number of rotatable bonds is 10. The van der Waals surface area contributed by atoms with Gasteiger partial charge in [0.2, 0.25) is 17.7 Å². The second-order valence-electron chi connectivity index (χ2n) is 20.4. The molecule has 6 heterocycles. The number of nitrogens with one attached hydrogen (secondary N) is 2. The second-order valence-corrected chi connectivity index (χ2v) is 23.1. The van der Waals surface area contributed by atoms with E-state index in [1.807, 2.05) is 37.1 Å². The molecule has 5 amide bonds. The molecule has 69 heavy (non-hydrogen) atoms. The quantitative estimate of drug-likeness (QED) is 0.109. The molecule has 4 aromatic rings. The fraction of sp³-hybridized carbons (Fsp3) is 0.549. The van der Waals surface area contributed by atoms with E-state index in [0.717, 1.165) is 62.5 Å². The Morgan fingerprint density at radius 3 is 2.62 bits per heavy atom. The van der Waals surface area contributed by atoms with Crippen LogP contribution in [0.1, 0.15) is 96.0 Å². The topological polar surface area (TPSA) is 172 Å². The standard InChI is InChI=1S/C51H69N9O7SSi/c1-10-42(61)59-23-14-22-57(29-51(59)19-20-51)49(65)56(8)44(31(3)4)46(62)55-69-40-26-41-53-38(28-68-41)33-17-18-39-35(25-33)36(45(58(39)11-2)34-15-12-21-52-43(34)32(5)66-9)27-50(6,7)30-67-48(64)37-16-13-24-60(54-37)47(40)63/h10,12,15,17-18,21,25,28,31-32,37,40,44,54H,1,11,13-14,16,19-20,22-24,26-27,29-30,69H2,2-9H3,(H,55,62)/t32-,37-,40-,44-/m0/s1. The fourth-order valence-corrected chi connectivity index (χ4v) is 13.2. The minimum Gasteiger partial charge on any atom is -0.464 e. The molecular formula is C51H69N9O7SSi. The van der Waals surface area contributed by atoms with Crippen LogP contribution in [0.4, 0.5) is 4.79 Å². The number of aromatic nitrogens is 3. The molecule has 370 valence electrons. The van der Waals surface area contributed by atoms with Gasteiger partial charge in [-0.3, -0.25) is 29.2 Å². The highest BCUT2D eigenvalue weighted by Crippen LogP contribution is 2.45. The van der Waals surface area contributed by atoms with Crippen molar-refractivity contribution < 1.29 is 33.4 Å². The molecule has 3 aliphatic heterocycles. The van der Waals surface area contributed by atoms with Gasteiger partial charge >= 0.3 is 12.0 Å². The van der Waals surface area contributed by atoms with Gasteiger partial charge in [0.15, 0.2) is 0 Å². The van der Waals surface area contributed by atoms with E-state index < -0.39 is 44.2 Å². The van der Waals surface area contributed by atoms with Crippen LogP contribution in [0.3, 0.4) is 0 Å². The number of aryl methyl sites for hydroxylation is 1. The number of nitrogens with zero attached hydrogens (tertiary/aromatic N) is 7. The SMILES string of the molecule is C=CC(=O)N1CCCN(C(=O)N(C)[C@H](C(=O)N[SiH2][C@H]2Cc3nc(cs3)-c3ccc4c(c3)c(c(-c3cccnc3[C@H](C)OC)n4CC)CC(C)(C)COC(=O)[C@@H]3CCCN(N3)C2=O)C(C)C)CC12CC2. The largest absolute Gasteiger partial charge is 0.464 e. The van der Waals surface area contributed by atoms with Gasteiger partial charge in [0.25, 0.3) is 0 Å². The molecule has 1 aliphatic carbocycles. The van der Waals surface area contributed by atoms with Crippen molar-refractivity contribution >= 4 is 61.6 Å². The van der Waals surface area contributed by atoms with E-state index in [1.54, 1.807) is 25.3 Å². The number of pyridine rings is 1. The van der Waals surface area contributed by atoms with Crippen LogP contribution in [-0.2, 0) is 48.0 Å². The van der Waals surface area contributed by atoms with Crippen LogP contribution < -0.4 is 10.4 Å². The molecular weight excluding hydrogens is 911 g/mol. The Morgan fingerprint density at radius 1 is 1.13 bits per heavy atom. The zero-order valence-corrected chi connectivity index (χ0v) is 43.7. The van der Waals surface area contributed by atoms with Crippen molar-refractivity contribution in [2.75, 3.05) is 46.9 Å². The highest BCUT2D eigenvalue weighted by atomic mass is 32.1. The van der Waals surface area contributed by atoms with E-state index in [9.17, 15) is 24.0 Å². The summed E-state index contributed by atoms with van der Waals surface area (Å²) in [7, 11) is 1.63. The highest BCUT2D eigenvalue weighted by Gasteiger charge is 2.53. The molecule has 0 radical (unpaired) electrons. The second kappa shape index (κ2) is 20.5. The Kier molecular flexibility index (Phi) is 14.8. The Balaban J connectivity index is 1.10. The maximum Gasteiger partial charge on any atom is 0.324 e. The lowest BCUT2D eigenvalue weighted by Crippen LogP contribution is -2.58. The maximum atomic E-state index is 14.7. The maximum absolute atomic E-state index is 14.7. The van der Waals surface area contributed by atoms with Crippen molar-refractivity contribution in [1.29, 1.82) is 0 Å². The number of amides is 5. The number of carbonyl (C=O) groups excluding carboxylic acids is 5. The van der Waals surface area contributed by atoms with E-state index >= 15 is 0 Å². The summed E-state index contributed by atoms with van der Waals surface area (Å²) in [5.41, 5.74) is 8.52.